The summed E-state index contributed by atoms with van der Waals surface area (Å²) in [7, 11) is 0. The number of hydrogen-bond donors (Lipinski definition) is 2. The zero-order valence-electron chi connectivity index (χ0n) is 25.2. The minimum Gasteiger partial charge on any atom is -0.460 e. The fourth-order valence-electron chi connectivity index (χ4n) is 6.29. The molecule has 0 saturated carbocycles. The minimum absolute atomic E-state index is 0. The van der Waals surface area contributed by atoms with Gasteiger partial charge < -0.3 is 14.7 Å². The highest BCUT2D eigenvalue weighted by molar-refractivity contribution is 5.74. The van der Waals surface area contributed by atoms with Gasteiger partial charge in [-0.05, 0) is 78.4 Å². The molecule has 3 aromatic carbocycles. The van der Waals surface area contributed by atoms with Gasteiger partial charge in [0.1, 0.15) is 17.3 Å². The maximum atomic E-state index is 13.1. The Bertz CT molecular complexity index is 1900. The number of imidazole rings is 1. The van der Waals surface area contributed by atoms with E-state index >= 15 is 0 Å². The van der Waals surface area contributed by atoms with Crippen molar-refractivity contribution in [2.45, 2.75) is 65.1 Å². The van der Waals surface area contributed by atoms with E-state index in [0.717, 1.165) is 60.4 Å². The first kappa shape index (κ1) is 32.2. The second-order valence-electron chi connectivity index (χ2n) is 11.8. The highest BCUT2D eigenvalue weighted by Crippen LogP contribution is 2.35. The van der Waals surface area contributed by atoms with Gasteiger partial charge in [-0.1, -0.05) is 62.0 Å². The standard InChI is InChI=1S/C37H34F3N5O.CH4/c38-37(39,40)29-9-3-7-28(20-29)34-18-17-30(46-34)22-41-21-25-13-15-26(16-14-25)23-45(24-35-43-31-10-1-2-11-32(31)44-35)33-12-4-6-27-8-5-19-42-36(27)33;/h1-3,5,7-11,13-20,33,41H,4,6,12,21-24H2,(H,43,44);1H4. The Balaban J connectivity index is 0.00000386. The molecule has 6 aromatic rings. The van der Waals surface area contributed by atoms with Gasteiger partial charge in [0.05, 0.1) is 41.4 Å². The van der Waals surface area contributed by atoms with Gasteiger partial charge in [-0.25, -0.2) is 4.98 Å². The van der Waals surface area contributed by atoms with E-state index in [9.17, 15) is 13.2 Å². The molecule has 6 nitrogen and oxygen atoms in total. The summed E-state index contributed by atoms with van der Waals surface area (Å²) in [5.74, 6) is 2.01. The molecule has 1 unspecified atom stereocenters. The summed E-state index contributed by atoms with van der Waals surface area (Å²) in [4.78, 5) is 15.7. The first-order valence-corrected chi connectivity index (χ1v) is 15.6. The molecule has 3 heterocycles. The zero-order chi connectivity index (χ0) is 31.5. The third kappa shape index (κ3) is 7.48. The number of furan rings is 1. The maximum absolute atomic E-state index is 13.1. The smallest absolute Gasteiger partial charge is 0.416 e. The maximum Gasteiger partial charge on any atom is 0.416 e. The number of para-hydroxylation sites is 2. The number of hydrogen-bond acceptors (Lipinski definition) is 5. The number of aryl methyl sites for hydroxylation is 1. The van der Waals surface area contributed by atoms with Crippen molar-refractivity contribution in [3.63, 3.8) is 0 Å². The molecule has 0 radical (unpaired) electrons. The predicted molar refractivity (Wildman–Crippen MR) is 178 cm³/mol. The van der Waals surface area contributed by atoms with Crippen LogP contribution in [0.4, 0.5) is 13.2 Å². The van der Waals surface area contributed by atoms with Crippen LogP contribution >= 0.6 is 0 Å². The molecule has 242 valence electrons. The average Bonchev–Trinajstić information content (AvgIpc) is 3.72. The Morgan fingerprint density at radius 2 is 1.70 bits per heavy atom. The van der Waals surface area contributed by atoms with E-state index in [2.05, 4.69) is 51.6 Å². The van der Waals surface area contributed by atoms with Crippen LogP contribution in [0.1, 0.15) is 65.8 Å². The van der Waals surface area contributed by atoms with Gasteiger partial charge in [-0.15, -0.1) is 0 Å². The van der Waals surface area contributed by atoms with E-state index in [1.807, 2.05) is 30.5 Å². The lowest BCUT2D eigenvalue weighted by molar-refractivity contribution is -0.137. The molecule has 0 saturated heterocycles. The Labute approximate surface area is 272 Å². The third-order valence-electron chi connectivity index (χ3n) is 8.57. The average molecular weight is 638 g/mol. The predicted octanol–water partition coefficient (Wildman–Crippen LogP) is 9.24. The number of halogens is 3. The molecule has 0 fully saturated rings. The van der Waals surface area contributed by atoms with Gasteiger partial charge in [0, 0.05) is 24.8 Å². The van der Waals surface area contributed by atoms with Crippen molar-refractivity contribution in [1.82, 2.24) is 25.2 Å². The number of fused-ring (bicyclic) bond motifs is 2. The van der Waals surface area contributed by atoms with Crippen LogP contribution in [0, 0.1) is 0 Å². The quantitative estimate of drug-likeness (QED) is 0.157. The van der Waals surface area contributed by atoms with Crippen molar-refractivity contribution >= 4 is 11.0 Å². The van der Waals surface area contributed by atoms with Crippen molar-refractivity contribution < 1.29 is 17.6 Å². The lowest BCUT2D eigenvalue weighted by atomic mass is 9.90. The number of rotatable bonds is 10. The van der Waals surface area contributed by atoms with E-state index < -0.39 is 11.7 Å². The molecule has 0 spiro atoms. The van der Waals surface area contributed by atoms with Gasteiger partial charge in [-0.2, -0.15) is 13.2 Å². The molecule has 0 bridgehead atoms. The molecule has 3 aromatic heterocycles. The Kier molecular flexibility index (Phi) is 9.56. The summed E-state index contributed by atoms with van der Waals surface area (Å²) in [6.45, 7) is 2.53. The second-order valence-corrected chi connectivity index (χ2v) is 11.8. The molecule has 0 amide bonds. The number of benzene rings is 3. The number of pyridine rings is 1. The van der Waals surface area contributed by atoms with Crippen molar-refractivity contribution in [2.75, 3.05) is 0 Å². The van der Waals surface area contributed by atoms with Crippen molar-refractivity contribution in [2.24, 2.45) is 0 Å². The van der Waals surface area contributed by atoms with Gasteiger partial charge >= 0.3 is 6.18 Å². The molecular formula is C38H38F3N5O. The van der Waals surface area contributed by atoms with E-state index in [1.165, 1.54) is 22.9 Å². The number of aromatic amines is 1. The minimum atomic E-state index is -4.39. The summed E-state index contributed by atoms with van der Waals surface area (Å²) in [5.41, 5.74) is 6.55. The zero-order valence-corrected chi connectivity index (χ0v) is 25.2. The van der Waals surface area contributed by atoms with Crippen LogP contribution in [-0.4, -0.2) is 19.9 Å². The number of H-pyrrole nitrogens is 1. The molecule has 1 aliphatic carbocycles. The number of aromatic nitrogens is 3. The van der Waals surface area contributed by atoms with Crippen LogP contribution in [-0.2, 0) is 38.8 Å². The van der Waals surface area contributed by atoms with Crippen molar-refractivity contribution in [1.29, 1.82) is 0 Å². The summed E-state index contributed by atoms with van der Waals surface area (Å²) < 4.78 is 45.2. The van der Waals surface area contributed by atoms with Crippen LogP contribution in [0.5, 0.6) is 0 Å². The highest BCUT2D eigenvalue weighted by Gasteiger charge is 2.31. The van der Waals surface area contributed by atoms with Gasteiger partial charge in [0.15, 0.2) is 0 Å². The topological polar surface area (TPSA) is 70.0 Å². The summed E-state index contributed by atoms with van der Waals surface area (Å²) in [6.07, 6.45) is 0.738. The van der Waals surface area contributed by atoms with Crippen LogP contribution in [0.3, 0.4) is 0 Å². The number of alkyl halides is 3. The lowest BCUT2D eigenvalue weighted by Crippen LogP contribution is -2.31. The van der Waals surface area contributed by atoms with E-state index in [4.69, 9.17) is 14.4 Å². The summed E-state index contributed by atoms with van der Waals surface area (Å²) in [5, 5.41) is 3.38. The largest absolute Gasteiger partial charge is 0.460 e. The molecule has 9 heteroatoms. The van der Waals surface area contributed by atoms with Crippen LogP contribution < -0.4 is 5.32 Å². The molecule has 0 aliphatic heterocycles. The Morgan fingerprint density at radius 3 is 2.53 bits per heavy atom. The van der Waals surface area contributed by atoms with Gasteiger partial charge in [0.2, 0.25) is 0 Å². The summed E-state index contributed by atoms with van der Waals surface area (Å²) >= 11 is 0. The molecule has 2 N–H and O–H groups in total. The fraction of sp³-hybridized carbons (Fsp3) is 0.263. The van der Waals surface area contributed by atoms with Crippen LogP contribution in [0.25, 0.3) is 22.4 Å². The first-order chi connectivity index (χ1) is 22.4. The molecule has 7 rings (SSSR count). The monoisotopic (exact) mass is 637 g/mol. The molecule has 1 atom stereocenters. The lowest BCUT2D eigenvalue weighted by Gasteiger charge is -2.34. The van der Waals surface area contributed by atoms with Crippen LogP contribution in [0.2, 0.25) is 0 Å². The van der Waals surface area contributed by atoms with Crippen molar-refractivity contribution in [3.8, 4) is 11.3 Å². The second kappa shape index (κ2) is 13.9. The third-order valence-corrected chi connectivity index (χ3v) is 8.57. The van der Waals surface area contributed by atoms with Gasteiger partial charge in [0.25, 0.3) is 0 Å². The molecule has 47 heavy (non-hydrogen) atoms. The van der Waals surface area contributed by atoms with Crippen LogP contribution in [0.15, 0.2) is 108 Å². The Hall–Kier alpha value is -4.73. The SMILES string of the molecule is C.FC(F)(F)c1cccc(-c2ccc(CNCc3ccc(CN(Cc4nc5ccccc5[nH]4)C4CCCc5cccnc54)cc3)o2)c1. The molecular weight excluding hydrogens is 599 g/mol. The summed E-state index contributed by atoms with van der Waals surface area (Å²) in [6, 6.07) is 29.8. The number of nitrogens with zero attached hydrogens (tertiary/aromatic N) is 3. The Morgan fingerprint density at radius 1 is 0.872 bits per heavy atom. The highest BCUT2D eigenvalue weighted by atomic mass is 19.4. The normalized spacial score (nSPS) is 14.7. The van der Waals surface area contributed by atoms with E-state index in [0.29, 0.717) is 36.7 Å². The fourth-order valence-corrected chi connectivity index (χ4v) is 6.29. The van der Waals surface area contributed by atoms with E-state index in [1.54, 1.807) is 18.2 Å². The first-order valence-electron chi connectivity index (χ1n) is 15.6. The van der Waals surface area contributed by atoms with Gasteiger partial charge in [-0.3, -0.25) is 9.88 Å². The van der Waals surface area contributed by atoms with E-state index in [-0.39, 0.29) is 13.5 Å². The van der Waals surface area contributed by atoms with Crippen molar-refractivity contribution in [3.05, 3.63) is 143 Å². The number of nitrogens with one attached hydrogen (secondary N) is 2. The molecule has 1 aliphatic rings.